The summed E-state index contributed by atoms with van der Waals surface area (Å²) in [6, 6.07) is 7.11. The van der Waals surface area contributed by atoms with Crippen LogP contribution in [0, 0.1) is 17.6 Å². The van der Waals surface area contributed by atoms with Gasteiger partial charge in [-0.3, -0.25) is 0 Å². The molecule has 0 aliphatic carbocycles. The molecule has 1 saturated heterocycles. The van der Waals surface area contributed by atoms with Gasteiger partial charge in [-0.2, -0.15) is 0 Å². The van der Waals surface area contributed by atoms with Gasteiger partial charge >= 0.3 is 0 Å². The van der Waals surface area contributed by atoms with Gasteiger partial charge < -0.3 is 14.6 Å². The van der Waals surface area contributed by atoms with E-state index >= 15 is 4.39 Å². The van der Waals surface area contributed by atoms with Gasteiger partial charge in [-0.05, 0) is 63.1 Å². The summed E-state index contributed by atoms with van der Waals surface area (Å²) in [6.45, 7) is 2.29. The lowest BCUT2D eigenvalue weighted by Gasteiger charge is -2.50. The van der Waals surface area contributed by atoms with Crippen LogP contribution in [0.1, 0.15) is 32.3 Å². The van der Waals surface area contributed by atoms with E-state index < -0.39 is 76.5 Å². The van der Waals surface area contributed by atoms with Crippen molar-refractivity contribution in [3.63, 3.8) is 0 Å². The highest BCUT2D eigenvalue weighted by atomic mass is 35.5. The fourth-order valence-corrected chi connectivity index (χ4v) is 9.52. The van der Waals surface area contributed by atoms with Gasteiger partial charge in [0, 0.05) is 17.5 Å². The Hall–Kier alpha value is -1.79. The molecule has 7 nitrogen and oxygen atoms in total. The molecule has 0 bridgehead atoms. The summed E-state index contributed by atoms with van der Waals surface area (Å²) >= 11 is 5.94. The Morgan fingerprint density at radius 1 is 1.08 bits per heavy atom. The van der Waals surface area contributed by atoms with Crippen LogP contribution in [0.25, 0.3) is 0 Å². The minimum absolute atomic E-state index is 0.114. The van der Waals surface area contributed by atoms with Crippen LogP contribution >= 0.6 is 11.6 Å². The van der Waals surface area contributed by atoms with Crippen molar-refractivity contribution in [3.05, 3.63) is 58.6 Å². The maximum atomic E-state index is 15.4. The molecule has 0 radical (unpaired) electrons. The van der Waals surface area contributed by atoms with Crippen LogP contribution in [0.15, 0.2) is 41.3 Å². The largest absolute Gasteiger partial charge is 0.490 e. The van der Waals surface area contributed by atoms with Crippen LogP contribution < -0.4 is 4.74 Å². The molecule has 2 aromatic carbocycles. The quantitative estimate of drug-likeness (QED) is 0.547. The van der Waals surface area contributed by atoms with Crippen molar-refractivity contribution in [1.82, 2.24) is 0 Å². The van der Waals surface area contributed by atoms with Crippen molar-refractivity contribution >= 4 is 31.3 Å². The van der Waals surface area contributed by atoms with Crippen LogP contribution in [0.4, 0.5) is 8.78 Å². The summed E-state index contributed by atoms with van der Waals surface area (Å²) in [4.78, 5) is -0.135. The first-order valence-electron chi connectivity index (χ1n) is 11.3. The minimum Gasteiger partial charge on any atom is -0.490 e. The van der Waals surface area contributed by atoms with E-state index in [1.54, 1.807) is 0 Å². The second kappa shape index (κ2) is 9.50. The first kappa shape index (κ1) is 27.3. The number of fused-ring (bicyclic) bond motifs is 3. The Kier molecular flexibility index (Phi) is 7.19. The van der Waals surface area contributed by atoms with Gasteiger partial charge in [-0.25, -0.2) is 25.6 Å². The Morgan fingerprint density at radius 2 is 1.72 bits per heavy atom. The Balaban J connectivity index is 1.83. The Morgan fingerprint density at radius 3 is 2.36 bits per heavy atom. The number of sulfone groups is 2. The van der Waals surface area contributed by atoms with E-state index in [9.17, 15) is 26.3 Å². The van der Waals surface area contributed by atoms with Gasteiger partial charge in [0.2, 0.25) is 0 Å². The number of rotatable bonds is 7. The van der Waals surface area contributed by atoms with Gasteiger partial charge in [-0.1, -0.05) is 11.6 Å². The van der Waals surface area contributed by atoms with Crippen molar-refractivity contribution in [2.75, 3.05) is 24.7 Å². The predicted molar refractivity (Wildman–Crippen MR) is 130 cm³/mol. The normalized spacial score (nSPS) is 24.5. The zero-order valence-corrected chi connectivity index (χ0v) is 22.1. The maximum absolute atomic E-state index is 15.4. The van der Waals surface area contributed by atoms with Crippen LogP contribution in [0.2, 0.25) is 5.02 Å². The molecule has 1 fully saturated rings. The fraction of sp³-hybridized carbons (Fsp3) is 0.500. The number of halogens is 3. The van der Waals surface area contributed by atoms with Crippen molar-refractivity contribution in [3.8, 4) is 5.75 Å². The molecule has 0 unspecified atom stereocenters. The molecule has 2 heterocycles. The molecule has 2 aliphatic rings. The van der Waals surface area contributed by atoms with Gasteiger partial charge in [-0.15, -0.1) is 0 Å². The molecule has 198 valence electrons. The Labute approximate surface area is 214 Å². The maximum Gasteiger partial charge on any atom is 0.189 e. The molecule has 4 rings (SSSR count). The van der Waals surface area contributed by atoms with Crippen LogP contribution in [-0.4, -0.2) is 58.4 Å². The molecule has 0 saturated carbocycles. The van der Waals surface area contributed by atoms with E-state index in [0.29, 0.717) is 5.02 Å². The highest BCUT2D eigenvalue weighted by molar-refractivity contribution is 7.92. The Bertz CT molecular complexity index is 1360. The average molecular weight is 565 g/mol. The monoisotopic (exact) mass is 564 g/mol. The lowest BCUT2D eigenvalue weighted by atomic mass is 9.75. The third-order valence-electron chi connectivity index (χ3n) is 6.63. The third-order valence-corrected chi connectivity index (χ3v) is 11.5. The molecule has 0 spiro atoms. The predicted octanol–water partition coefficient (Wildman–Crippen LogP) is 3.66. The summed E-state index contributed by atoms with van der Waals surface area (Å²) in [5.41, 5.74) is -1.87. The van der Waals surface area contributed by atoms with Crippen molar-refractivity contribution < 1.29 is 40.2 Å². The first-order valence-corrected chi connectivity index (χ1v) is 15.0. The molecule has 2 aromatic rings. The van der Waals surface area contributed by atoms with E-state index in [4.69, 9.17) is 21.1 Å². The fourth-order valence-electron chi connectivity index (χ4n) is 5.24. The molecule has 2 aliphatic heterocycles. The number of ether oxygens (including phenoxy) is 2. The lowest BCUT2D eigenvalue weighted by molar-refractivity contribution is -0.0732. The van der Waals surface area contributed by atoms with Gasteiger partial charge in [0.25, 0.3) is 0 Å². The van der Waals surface area contributed by atoms with E-state index in [-0.39, 0.29) is 31.0 Å². The molecular weight excluding hydrogens is 538 g/mol. The molecule has 0 aromatic heterocycles. The van der Waals surface area contributed by atoms with Crippen molar-refractivity contribution in [2.24, 2.45) is 5.92 Å². The SMILES string of the molecule is CC(C)(O)CS(=O)(=O)CC[C@@H]1OCC[C@@]2(S(=O)(=O)c3ccc(Cl)cc3)c3c(F)ccc(F)c3OC[C@@H]12. The van der Waals surface area contributed by atoms with Crippen LogP contribution in [0.5, 0.6) is 5.75 Å². The number of benzene rings is 2. The highest BCUT2D eigenvalue weighted by Gasteiger charge is 2.61. The van der Waals surface area contributed by atoms with Gasteiger partial charge in [0.15, 0.2) is 31.2 Å². The molecule has 36 heavy (non-hydrogen) atoms. The number of hydrogen-bond donors (Lipinski definition) is 1. The molecule has 12 heteroatoms. The van der Waals surface area contributed by atoms with Crippen LogP contribution in [-0.2, 0) is 29.2 Å². The standard InChI is InChI=1S/C24H27ClF2O7S2/c1-23(2,28)14-35(29,30)12-9-20-17-13-34-22-19(27)8-7-18(26)21(22)24(17,10-11-33-20)36(31,32)16-5-3-15(25)4-6-16/h3-8,17,20,28H,9-14H2,1-2H3/t17-,20-,24-/m0/s1. The highest BCUT2D eigenvalue weighted by Crippen LogP contribution is 2.55. The first-order chi connectivity index (χ1) is 16.7. The number of aliphatic hydroxyl groups is 1. The van der Waals surface area contributed by atoms with Crippen LogP contribution in [0.3, 0.4) is 0 Å². The summed E-state index contributed by atoms with van der Waals surface area (Å²) in [5.74, 6) is -4.24. The molecule has 0 amide bonds. The van der Waals surface area contributed by atoms with E-state index in [2.05, 4.69) is 0 Å². The summed E-state index contributed by atoms with van der Waals surface area (Å²) < 4.78 is 93.1. The zero-order chi connectivity index (χ0) is 26.5. The van der Waals surface area contributed by atoms with Crippen molar-refractivity contribution in [1.29, 1.82) is 0 Å². The topological polar surface area (TPSA) is 107 Å². The second-order valence-electron chi connectivity index (χ2n) is 9.85. The smallest absolute Gasteiger partial charge is 0.189 e. The molecule has 1 N–H and O–H groups in total. The lowest BCUT2D eigenvalue weighted by Crippen LogP contribution is -2.57. The van der Waals surface area contributed by atoms with Gasteiger partial charge in [0.1, 0.15) is 10.6 Å². The van der Waals surface area contributed by atoms with E-state index in [1.165, 1.54) is 38.1 Å². The molecular formula is C24H27ClF2O7S2. The van der Waals surface area contributed by atoms with E-state index in [1.807, 2.05) is 0 Å². The third kappa shape index (κ3) is 4.88. The average Bonchev–Trinajstić information content (AvgIpc) is 2.78. The summed E-state index contributed by atoms with van der Waals surface area (Å²) in [6.07, 6.45) is -1.25. The van der Waals surface area contributed by atoms with E-state index in [0.717, 1.165) is 12.1 Å². The zero-order valence-electron chi connectivity index (χ0n) is 19.7. The minimum atomic E-state index is -4.38. The summed E-state index contributed by atoms with van der Waals surface area (Å²) in [7, 11) is -8.12. The number of hydrogen-bond acceptors (Lipinski definition) is 7. The van der Waals surface area contributed by atoms with Crippen molar-refractivity contribution in [2.45, 2.75) is 48.0 Å². The van der Waals surface area contributed by atoms with Gasteiger partial charge in [0.05, 0.1) is 40.3 Å². The summed E-state index contributed by atoms with van der Waals surface area (Å²) in [5, 5.41) is 10.2. The molecule has 3 atom stereocenters. The second-order valence-corrected chi connectivity index (χ2v) is 14.7.